The third-order valence-corrected chi connectivity index (χ3v) is 1.94. The number of rotatable bonds is 2. The van der Waals surface area contributed by atoms with Crippen LogP contribution in [0.5, 0.6) is 0 Å². The zero-order chi connectivity index (χ0) is 9.61. The highest BCUT2D eigenvalue weighted by Gasteiger charge is 2.10. The number of hydrogen-bond donors (Lipinski definition) is 0. The molecule has 12 heavy (non-hydrogen) atoms. The molecule has 0 aliphatic carbocycles. The fourth-order valence-electron chi connectivity index (χ4n) is 0.625. The smallest absolute Gasteiger partial charge is 0.0173 e. The van der Waals surface area contributed by atoms with E-state index in [1.165, 1.54) is 5.57 Å². The largest absolute Gasteiger partial charge is 0.0877 e. The standard InChI is InChI=1S/C12H20/c1-6-7-8-9-10-11(2)12(3,4)5/h6-10H,1-5H3/b7-6-,9-8-,11-10+. The Labute approximate surface area is 76.7 Å². The van der Waals surface area contributed by atoms with Crippen LogP contribution in [0.15, 0.2) is 36.0 Å². The van der Waals surface area contributed by atoms with Crippen molar-refractivity contribution in [3.05, 3.63) is 36.0 Å². The molecule has 0 aromatic rings. The Morgan fingerprint density at radius 3 is 2.00 bits per heavy atom. The molecule has 0 atom stereocenters. The Morgan fingerprint density at radius 1 is 1.00 bits per heavy atom. The van der Waals surface area contributed by atoms with Crippen LogP contribution >= 0.6 is 0 Å². The van der Waals surface area contributed by atoms with E-state index in [0.29, 0.717) is 5.41 Å². The molecule has 0 aliphatic heterocycles. The molecule has 0 N–H and O–H groups in total. The molecule has 0 saturated heterocycles. The van der Waals surface area contributed by atoms with Gasteiger partial charge in [-0.3, -0.25) is 0 Å². The highest BCUT2D eigenvalue weighted by atomic mass is 14.2. The molecule has 68 valence electrons. The van der Waals surface area contributed by atoms with E-state index in [0.717, 1.165) is 0 Å². The van der Waals surface area contributed by atoms with Gasteiger partial charge < -0.3 is 0 Å². The first-order valence-corrected chi connectivity index (χ1v) is 4.45. The maximum atomic E-state index is 2.22. The molecule has 0 heteroatoms. The zero-order valence-electron chi connectivity index (χ0n) is 8.89. The van der Waals surface area contributed by atoms with Crippen molar-refractivity contribution in [2.75, 3.05) is 0 Å². The third-order valence-electron chi connectivity index (χ3n) is 1.94. The minimum Gasteiger partial charge on any atom is -0.0877 e. The molecule has 0 amide bonds. The second-order valence-electron chi connectivity index (χ2n) is 4.01. The van der Waals surface area contributed by atoms with Gasteiger partial charge in [0.25, 0.3) is 0 Å². The second-order valence-corrected chi connectivity index (χ2v) is 4.01. The fourth-order valence-corrected chi connectivity index (χ4v) is 0.625. The minimum absolute atomic E-state index is 0.292. The van der Waals surface area contributed by atoms with Crippen LogP contribution in [0.25, 0.3) is 0 Å². The van der Waals surface area contributed by atoms with Gasteiger partial charge in [0.05, 0.1) is 0 Å². The first-order chi connectivity index (χ1) is 5.48. The maximum absolute atomic E-state index is 2.22. The van der Waals surface area contributed by atoms with Crippen LogP contribution in [0.3, 0.4) is 0 Å². The summed E-state index contributed by atoms with van der Waals surface area (Å²) in [6, 6.07) is 0. The predicted octanol–water partition coefficient (Wildman–Crippen LogP) is 4.11. The molecule has 0 heterocycles. The summed E-state index contributed by atoms with van der Waals surface area (Å²) in [6.07, 6.45) is 10.4. The Bertz CT molecular complexity index is 197. The fraction of sp³-hybridized carbons (Fsp3) is 0.500. The summed E-state index contributed by atoms with van der Waals surface area (Å²) in [6.45, 7) is 10.9. The van der Waals surface area contributed by atoms with Crippen LogP contribution in [0.2, 0.25) is 0 Å². The van der Waals surface area contributed by atoms with Crippen molar-refractivity contribution in [1.82, 2.24) is 0 Å². The van der Waals surface area contributed by atoms with E-state index in [4.69, 9.17) is 0 Å². The van der Waals surface area contributed by atoms with E-state index in [1.54, 1.807) is 0 Å². The van der Waals surface area contributed by atoms with E-state index in [1.807, 2.05) is 19.1 Å². The van der Waals surface area contributed by atoms with Gasteiger partial charge in [0, 0.05) is 0 Å². The summed E-state index contributed by atoms with van der Waals surface area (Å²) in [5, 5.41) is 0. The van der Waals surface area contributed by atoms with E-state index in [2.05, 4.69) is 45.9 Å². The Kier molecular flexibility index (Phi) is 4.65. The normalized spacial score (nSPS) is 14.9. The summed E-state index contributed by atoms with van der Waals surface area (Å²) in [7, 11) is 0. The van der Waals surface area contributed by atoms with Gasteiger partial charge in [0.1, 0.15) is 0 Å². The summed E-state index contributed by atoms with van der Waals surface area (Å²) < 4.78 is 0. The Balaban J connectivity index is 4.19. The molecular formula is C12H20. The lowest BCUT2D eigenvalue weighted by Crippen LogP contribution is -2.05. The van der Waals surface area contributed by atoms with Crippen LogP contribution in [-0.4, -0.2) is 0 Å². The van der Waals surface area contributed by atoms with Gasteiger partial charge in [-0.25, -0.2) is 0 Å². The quantitative estimate of drug-likeness (QED) is 0.539. The monoisotopic (exact) mass is 164 g/mol. The molecule has 0 fully saturated rings. The maximum Gasteiger partial charge on any atom is -0.0173 e. The van der Waals surface area contributed by atoms with E-state index in [9.17, 15) is 0 Å². The van der Waals surface area contributed by atoms with Crippen molar-refractivity contribution in [2.45, 2.75) is 34.6 Å². The van der Waals surface area contributed by atoms with Gasteiger partial charge in [-0.05, 0) is 19.3 Å². The van der Waals surface area contributed by atoms with Crippen molar-refractivity contribution >= 4 is 0 Å². The Hall–Kier alpha value is -0.780. The molecule has 0 spiro atoms. The van der Waals surface area contributed by atoms with Crippen LogP contribution in [-0.2, 0) is 0 Å². The second kappa shape index (κ2) is 4.97. The summed E-state index contributed by atoms with van der Waals surface area (Å²) in [5.41, 5.74) is 1.70. The zero-order valence-corrected chi connectivity index (χ0v) is 8.89. The van der Waals surface area contributed by atoms with Gasteiger partial charge in [-0.1, -0.05) is 56.7 Å². The Morgan fingerprint density at radius 2 is 1.58 bits per heavy atom. The lowest BCUT2D eigenvalue weighted by atomic mass is 9.87. The topological polar surface area (TPSA) is 0 Å². The molecule has 0 aromatic heterocycles. The van der Waals surface area contributed by atoms with Gasteiger partial charge in [0.15, 0.2) is 0 Å². The van der Waals surface area contributed by atoms with Crippen LogP contribution in [0, 0.1) is 5.41 Å². The highest BCUT2D eigenvalue weighted by molar-refractivity contribution is 5.18. The van der Waals surface area contributed by atoms with Crippen LogP contribution < -0.4 is 0 Å². The van der Waals surface area contributed by atoms with Crippen molar-refractivity contribution in [2.24, 2.45) is 5.41 Å². The van der Waals surface area contributed by atoms with Gasteiger partial charge in [-0.2, -0.15) is 0 Å². The van der Waals surface area contributed by atoms with Crippen molar-refractivity contribution in [3.63, 3.8) is 0 Å². The molecule has 0 bridgehead atoms. The van der Waals surface area contributed by atoms with Crippen molar-refractivity contribution in [3.8, 4) is 0 Å². The van der Waals surface area contributed by atoms with E-state index < -0.39 is 0 Å². The summed E-state index contributed by atoms with van der Waals surface area (Å²) >= 11 is 0. The summed E-state index contributed by atoms with van der Waals surface area (Å²) in [5.74, 6) is 0. The van der Waals surface area contributed by atoms with E-state index >= 15 is 0 Å². The summed E-state index contributed by atoms with van der Waals surface area (Å²) in [4.78, 5) is 0. The molecule has 0 aliphatic rings. The average molecular weight is 164 g/mol. The molecule has 0 unspecified atom stereocenters. The first-order valence-electron chi connectivity index (χ1n) is 4.45. The number of allylic oxidation sites excluding steroid dienone is 6. The average Bonchev–Trinajstić information content (AvgIpc) is 1.96. The molecular weight excluding hydrogens is 144 g/mol. The van der Waals surface area contributed by atoms with Gasteiger partial charge >= 0.3 is 0 Å². The molecule has 0 rings (SSSR count). The predicted molar refractivity (Wildman–Crippen MR) is 57.2 cm³/mol. The molecule has 0 nitrogen and oxygen atoms in total. The van der Waals surface area contributed by atoms with E-state index in [-0.39, 0.29) is 0 Å². The van der Waals surface area contributed by atoms with Gasteiger partial charge in [-0.15, -0.1) is 0 Å². The first kappa shape index (κ1) is 11.2. The van der Waals surface area contributed by atoms with Gasteiger partial charge in [0.2, 0.25) is 0 Å². The molecule has 0 aromatic carbocycles. The molecule has 0 radical (unpaired) electrons. The third kappa shape index (κ3) is 4.95. The van der Waals surface area contributed by atoms with Crippen molar-refractivity contribution < 1.29 is 0 Å². The lowest BCUT2D eigenvalue weighted by molar-refractivity contribution is 0.504. The SMILES string of the molecule is C\C=C/C=C\C=C(/C)C(C)(C)C. The van der Waals surface area contributed by atoms with Crippen LogP contribution in [0.1, 0.15) is 34.6 Å². The van der Waals surface area contributed by atoms with Crippen LogP contribution in [0.4, 0.5) is 0 Å². The van der Waals surface area contributed by atoms with Crippen molar-refractivity contribution in [1.29, 1.82) is 0 Å². The minimum atomic E-state index is 0.292. The molecule has 0 saturated carbocycles. The highest BCUT2D eigenvalue weighted by Crippen LogP contribution is 2.23. The number of hydrogen-bond acceptors (Lipinski definition) is 0. The lowest BCUT2D eigenvalue weighted by Gasteiger charge is -2.18.